The van der Waals surface area contributed by atoms with Gasteiger partial charge in [0.15, 0.2) is 26.6 Å². The molecule has 5 atom stereocenters. The molecule has 16 nitrogen and oxygen atoms in total. The van der Waals surface area contributed by atoms with Crippen LogP contribution in [-0.4, -0.2) is 96.0 Å². The number of rotatable bonds is 17. The lowest BCUT2D eigenvalue weighted by Crippen LogP contribution is -2.64. The third-order valence-corrected chi connectivity index (χ3v) is 12.0. The lowest BCUT2D eigenvalue weighted by atomic mass is 9.98. The molecule has 1 saturated heterocycles. The average molecular weight is 750 g/mol. The van der Waals surface area contributed by atoms with E-state index in [1.54, 1.807) is 24.3 Å². The van der Waals surface area contributed by atoms with Gasteiger partial charge in [0.05, 0.1) is 6.61 Å². The fourth-order valence-corrected chi connectivity index (χ4v) is 4.90. The molecule has 17 heteroatoms. The summed E-state index contributed by atoms with van der Waals surface area (Å²) in [5.74, 6) is -1.17. The maximum Gasteiger partial charge on any atom is 0.509 e. The molecule has 1 aromatic carbocycles. The monoisotopic (exact) mass is 749 g/mol. The van der Waals surface area contributed by atoms with Gasteiger partial charge in [0.25, 0.3) is 0 Å². The van der Waals surface area contributed by atoms with Gasteiger partial charge in [0.2, 0.25) is 12.4 Å². The predicted molar refractivity (Wildman–Crippen MR) is 188 cm³/mol. The first-order chi connectivity index (χ1) is 24.6. The molecule has 1 heterocycles. The third kappa shape index (κ3) is 13.5. The van der Waals surface area contributed by atoms with E-state index in [9.17, 15) is 24.0 Å². The maximum atomic E-state index is 13.2. The van der Waals surface area contributed by atoms with Gasteiger partial charge in [0, 0.05) is 5.69 Å². The number of carbonyl (C=O) groups excluding carboxylic acids is 5. The smallest absolute Gasteiger partial charge is 0.459 e. The van der Waals surface area contributed by atoms with Crippen LogP contribution < -0.4 is 5.32 Å². The SMILES string of the molecule is C=CCOC(=O)O[C@@H]1[C@@H](OC(=O)OCC=C)[C@H](OC(=O)Nc2ccc(CO[Si](C)(C)C(C)(C)C)cc2)O[C@H](C(=O)OCC=C)[C@H]1OC(=O)OCC=C. The van der Waals surface area contributed by atoms with Crippen LogP contribution in [0.5, 0.6) is 0 Å². The summed E-state index contributed by atoms with van der Waals surface area (Å²) >= 11 is 0. The third-order valence-electron chi connectivity index (χ3n) is 7.55. The van der Waals surface area contributed by atoms with Gasteiger partial charge < -0.3 is 47.1 Å². The van der Waals surface area contributed by atoms with Gasteiger partial charge in [0.1, 0.15) is 26.4 Å². The molecule has 1 amide bonds. The quantitative estimate of drug-likeness (QED) is 0.0804. The lowest BCUT2D eigenvalue weighted by Gasteiger charge is -2.42. The molecule has 0 aromatic heterocycles. The maximum absolute atomic E-state index is 13.2. The highest BCUT2D eigenvalue weighted by Crippen LogP contribution is 2.37. The van der Waals surface area contributed by atoms with Gasteiger partial charge in [-0.3, -0.25) is 5.32 Å². The van der Waals surface area contributed by atoms with Crippen molar-refractivity contribution in [2.45, 2.75) is 76.2 Å². The molecule has 52 heavy (non-hydrogen) atoms. The Morgan fingerprint density at radius 2 is 1.17 bits per heavy atom. The molecule has 1 fully saturated rings. The molecule has 1 N–H and O–H groups in total. The molecular weight excluding hydrogens is 702 g/mol. The second kappa shape index (κ2) is 20.7. The number of ether oxygens (including phenoxy) is 9. The summed E-state index contributed by atoms with van der Waals surface area (Å²) < 4.78 is 53.3. The van der Waals surface area contributed by atoms with Crippen molar-refractivity contribution in [1.82, 2.24) is 0 Å². The first kappa shape index (κ1) is 43.0. The van der Waals surface area contributed by atoms with Crippen LogP contribution in [0.3, 0.4) is 0 Å². The number of esters is 1. The molecule has 0 bridgehead atoms. The summed E-state index contributed by atoms with van der Waals surface area (Å²) in [4.78, 5) is 64.4. The summed E-state index contributed by atoms with van der Waals surface area (Å²) in [5, 5.41) is 2.52. The summed E-state index contributed by atoms with van der Waals surface area (Å²) in [7, 11) is -2.02. The van der Waals surface area contributed by atoms with Crippen molar-refractivity contribution >= 4 is 44.5 Å². The first-order valence-electron chi connectivity index (χ1n) is 16.0. The average Bonchev–Trinajstić information content (AvgIpc) is 3.09. The van der Waals surface area contributed by atoms with Crippen LogP contribution in [-0.2, 0) is 58.5 Å². The summed E-state index contributed by atoms with van der Waals surface area (Å²) in [5.41, 5.74) is 1.14. The van der Waals surface area contributed by atoms with E-state index < -0.39 is 69.6 Å². The number of nitrogens with one attached hydrogen (secondary N) is 1. The summed E-state index contributed by atoms with van der Waals surface area (Å²) in [6.45, 7) is 23.6. The van der Waals surface area contributed by atoms with E-state index in [0.29, 0.717) is 6.61 Å². The van der Waals surface area contributed by atoms with Crippen molar-refractivity contribution in [3.05, 3.63) is 80.4 Å². The molecule has 286 valence electrons. The first-order valence-corrected chi connectivity index (χ1v) is 18.9. The highest BCUT2D eigenvalue weighted by molar-refractivity contribution is 6.74. The topological polar surface area (TPSA) is 190 Å². The number of hydrogen-bond donors (Lipinski definition) is 1. The van der Waals surface area contributed by atoms with Crippen LogP contribution in [0, 0.1) is 0 Å². The zero-order valence-electron chi connectivity index (χ0n) is 30.0. The summed E-state index contributed by atoms with van der Waals surface area (Å²) in [6, 6.07) is 6.70. The van der Waals surface area contributed by atoms with Crippen LogP contribution in [0.2, 0.25) is 18.1 Å². The Labute approximate surface area is 303 Å². The predicted octanol–water partition coefficient (Wildman–Crippen LogP) is 6.33. The van der Waals surface area contributed by atoms with E-state index in [4.69, 9.17) is 47.1 Å². The van der Waals surface area contributed by atoms with E-state index in [1.807, 2.05) is 0 Å². The van der Waals surface area contributed by atoms with Gasteiger partial charge >= 0.3 is 30.5 Å². The van der Waals surface area contributed by atoms with Crippen LogP contribution in [0.4, 0.5) is 24.9 Å². The fraction of sp³-hybridized carbons (Fsp3) is 0.457. The molecule has 0 spiro atoms. The van der Waals surface area contributed by atoms with Crippen molar-refractivity contribution in [1.29, 1.82) is 0 Å². The molecule has 0 aliphatic carbocycles. The van der Waals surface area contributed by atoms with Crippen molar-refractivity contribution in [3.63, 3.8) is 0 Å². The zero-order chi connectivity index (χ0) is 38.9. The highest BCUT2D eigenvalue weighted by atomic mass is 28.4. The molecule has 0 saturated carbocycles. The number of carbonyl (C=O) groups is 5. The Balaban J connectivity index is 2.46. The van der Waals surface area contributed by atoms with E-state index >= 15 is 0 Å². The molecule has 1 aromatic rings. The van der Waals surface area contributed by atoms with Crippen LogP contribution in [0.15, 0.2) is 74.9 Å². The summed E-state index contributed by atoms with van der Waals surface area (Å²) in [6.07, 6.45) is -10.2. The molecule has 2 rings (SSSR count). The van der Waals surface area contributed by atoms with E-state index in [-0.39, 0.29) is 37.2 Å². The normalized spacial score (nSPS) is 19.8. The number of amides is 1. The van der Waals surface area contributed by atoms with Crippen LogP contribution >= 0.6 is 0 Å². The van der Waals surface area contributed by atoms with Crippen molar-refractivity contribution in [2.75, 3.05) is 31.7 Å². The van der Waals surface area contributed by atoms with Gasteiger partial charge in [-0.1, -0.05) is 83.5 Å². The van der Waals surface area contributed by atoms with Crippen molar-refractivity contribution < 1.29 is 71.0 Å². The number of hydrogen-bond acceptors (Lipinski definition) is 15. The van der Waals surface area contributed by atoms with Crippen LogP contribution in [0.25, 0.3) is 0 Å². The second-order valence-electron chi connectivity index (χ2n) is 12.4. The molecule has 0 unspecified atom stereocenters. The Bertz CT molecular complexity index is 1420. The lowest BCUT2D eigenvalue weighted by molar-refractivity contribution is -0.282. The number of anilines is 1. The fourth-order valence-electron chi connectivity index (χ4n) is 3.94. The largest absolute Gasteiger partial charge is 0.509 e. The van der Waals surface area contributed by atoms with Gasteiger partial charge in [-0.15, -0.1) is 0 Å². The Morgan fingerprint density at radius 1 is 0.712 bits per heavy atom. The van der Waals surface area contributed by atoms with Crippen molar-refractivity contribution in [3.8, 4) is 0 Å². The minimum atomic E-state index is -2.02. The van der Waals surface area contributed by atoms with Crippen LogP contribution in [0.1, 0.15) is 26.3 Å². The minimum Gasteiger partial charge on any atom is -0.459 e. The van der Waals surface area contributed by atoms with Gasteiger partial charge in [-0.25, -0.2) is 24.0 Å². The van der Waals surface area contributed by atoms with E-state index in [2.05, 4.69) is 65.5 Å². The molecule has 1 aliphatic heterocycles. The zero-order valence-corrected chi connectivity index (χ0v) is 31.0. The Morgan fingerprint density at radius 3 is 1.65 bits per heavy atom. The molecular formula is C35H47NO15Si. The molecule has 1 aliphatic rings. The molecule has 0 radical (unpaired) electrons. The standard InChI is InChI=1S/C35H47NO15Si/c1-10-18-42-29(37)27-25(48-32(39)43-19-11-2)26(49-33(40)44-20-12-3)28(50-34(41)45-21-13-4)30(47-27)51-31(38)36-24-16-14-23(15-17-24)22-46-52(8,9)35(5,6)7/h10-17,25-28,30H,1-4,18-22H2,5-9H3,(H,36,38)/t25-,26-,27-,28+,30-/m0/s1. The number of benzene rings is 1. The minimum absolute atomic E-state index is 0.0156. The second-order valence-corrected chi connectivity index (χ2v) is 17.2. The van der Waals surface area contributed by atoms with Gasteiger partial charge in [-0.2, -0.15) is 0 Å². The van der Waals surface area contributed by atoms with E-state index in [1.165, 1.54) is 24.3 Å². The van der Waals surface area contributed by atoms with E-state index in [0.717, 1.165) is 5.56 Å². The Kier molecular flexibility index (Phi) is 17.1. The van der Waals surface area contributed by atoms with Gasteiger partial charge in [-0.05, 0) is 35.8 Å². The Hall–Kier alpha value is -5.13. The van der Waals surface area contributed by atoms with Crippen molar-refractivity contribution in [2.24, 2.45) is 0 Å². The highest BCUT2D eigenvalue weighted by Gasteiger charge is 2.57.